The van der Waals surface area contributed by atoms with E-state index in [4.69, 9.17) is 5.73 Å². The van der Waals surface area contributed by atoms with E-state index in [-0.39, 0.29) is 24.9 Å². The van der Waals surface area contributed by atoms with Crippen molar-refractivity contribution in [1.29, 1.82) is 0 Å². The Bertz CT molecular complexity index is 464. The first-order valence-corrected chi connectivity index (χ1v) is 9.02. The van der Waals surface area contributed by atoms with E-state index in [1.54, 1.807) is 0 Å². The van der Waals surface area contributed by atoms with Crippen LogP contribution in [0.15, 0.2) is 0 Å². The molecule has 0 aromatic heterocycles. The molecular formula is C17H30N4O4. The zero-order chi connectivity index (χ0) is 18.7. The number of hydrogen-bond donors (Lipinski definition) is 3. The zero-order valence-electron chi connectivity index (χ0n) is 15.0. The second-order valence-electron chi connectivity index (χ2n) is 6.56. The number of carbonyl (C=O) groups excluding carboxylic acids is 4. The minimum Gasteiger partial charge on any atom is -0.368 e. The summed E-state index contributed by atoms with van der Waals surface area (Å²) in [5.74, 6) is -1.36. The Morgan fingerprint density at radius 2 is 1.92 bits per heavy atom. The smallest absolute Gasteiger partial charge is 0.243 e. The second kappa shape index (κ2) is 11.4. The maximum absolute atomic E-state index is 12.4. The number of nitrogens with zero attached hydrogens (tertiary/aromatic N) is 1. The fourth-order valence-electron chi connectivity index (χ4n) is 3.08. The van der Waals surface area contributed by atoms with Gasteiger partial charge in [0.15, 0.2) is 0 Å². The molecule has 8 heteroatoms. The predicted molar refractivity (Wildman–Crippen MR) is 93.3 cm³/mol. The molecule has 1 atom stereocenters. The molecule has 1 fully saturated rings. The van der Waals surface area contributed by atoms with Crippen LogP contribution in [0.5, 0.6) is 0 Å². The minimum absolute atomic E-state index is 0.0332. The number of nitrogens with one attached hydrogen (secondary N) is 2. The molecule has 142 valence electrons. The lowest BCUT2D eigenvalue weighted by atomic mass is 9.83. The van der Waals surface area contributed by atoms with Gasteiger partial charge in [0.05, 0.1) is 13.1 Å². The van der Waals surface area contributed by atoms with Gasteiger partial charge < -0.3 is 21.3 Å². The third-order valence-electron chi connectivity index (χ3n) is 4.45. The molecule has 0 saturated heterocycles. The Kier molecular flexibility index (Phi) is 9.57. The molecule has 4 amide bonds. The van der Waals surface area contributed by atoms with Crippen LogP contribution in [-0.2, 0) is 19.2 Å². The van der Waals surface area contributed by atoms with E-state index in [0.717, 1.165) is 44.9 Å². The molecule has 0 aromatic rings. The van der Waals surface area contributed by atoms with Crippen LogP contribution in [0, 0.1) is 5.92 Å². The van der Waals surface area contributed by atoms with Gasteiger partial charge in [0.2, 0.25) is 24.1 Å². The molecule has 1 rings (SSSR count). The molecule has 1 aliphatic carbocycles. The fourth-order valence-corrected chi connectivity index (χ4v) is 3.08. The highest BCUT2D eigenvalue weighted by Gasteiger charge is 2.31. The second-order valence-corrected chi connectivity index (χ2v) is 6.56. The fraction of sp³-hybridized carbons (Fsp3) is 0.765. The van der Waals surface area contributed by atoms with Crippen molar-refractivity contribution < 1.29 is 19.2 Å². The van der Waals surface area contributed by atoms with Crippen LogP contribution in [-0.4, -0.2) is 54.7 Å². The summed E-state index contributed by atoms with van der Waals surface area (Å²) in [6.45, 7) is 2.19. The number of unbranched alkanes of at least 4 members (excludes halogenated alkanes) is 1. The van der Waals surface area contributed by atoms with Crippen molar-refractivity contribution in [2.75, 3.05) is 19.6 Å². The van der Waals surface area contributed by atoms with Crippen LogP contribution in [0.25, 0.3) is 0 Å². The molecule has 4 N–H and O–H groups in total. The van der Waals surface area contributed by atoms with Gasteiger partial charge in [0.25, 0.3) is 0 Å². The van der Waals surface area contributed by atoms with Crippen molar-refractivity contribution in [1.82, 2.24) is 15.5 Å². The molecule has 0 heterocycles. The summed E-state index contributed by atoms with van der Waals surface area (Å²) < 4.78 is 0. The Morgan fingerprint density at radius 1 is 1.24 bits per heavy atom. The highest BCUT2D eigenvalue weighted by atomic mass is 16.2. The van der Waals surface area contributed by atoms with Crippen molar-refractivity contribution in [3.8, 4) is 0 Å². The predicted octanol–water partition coefficient (Wildman–Crippen LogP) is -0.0885. The first-order valence-electron chi connectivity index (χ1n) is 9.02. The van der Waals surface area contributed by atoms with Crippen LogP contribution in [0.2, 0.25) is 0 Å². The lowest BCUT2D eigenvalue weighted by Crippen LogP contribution is -2.54. The monoisotopic (exact) mass is 354 g/mol. The van der Waals surface area contributed by atoms with Gasteiger partial charge in [-0.2, -0.15) is 0 Å². The largest absolute Gasteiger partial charge is 0.368 e. The van der Waals surface area contributed by atoms with E-state index in [9.17, 15) is 19.2 Å². The van der Waals surface area contributed by atoms with E-state index in [1.807, 2.05) is 6.92 Å². The maximum atomic E-state index is 12.4. The van der Waals surface area contributed by atoms with Crippen molar-refractivity contribution in [3.05, 3.63) is 0 Å². The summed E-state index contributed by atoms with van der Waals surface area (Å²) in [6.07, 6.45) is 7.23. The van der Waals surface area contributed by atoms with Crippen LogP contribution >= 0.6 is 0 Å². The SMILES string of the molecule is CCCCN(C=O)CC(=O)NC(C(=O)NCC(N)=O)C1CCCCC1. The normalized spacial score (nSPS) is 15.9. The number of nitrogens with two attached hydrogens (primary N) is 1. The summed E-state index contributed by atoms with van der Waals surface area (Å²) in [4.78, 5) is 48.0. The van der Waals surface area contributed by atoms with Gasteiger partial charge in [0.1, 0.15) is 6.04 Å². The summed E-state index contributed by atoms with van der Waals surface area (Å²) in [5, 5.41) is 5.22. The molecule has 0 aromatic carbocycles. The van der Waals surface area contributed by atoms with Crippen LogP contribution in [0.3, 0.4) is 0 Å². The van der Waals surface area contributed by atoms with Gasteiger partial charge in [-0.3, -0.25) is 19.2 Å². The average molecular weight is 354 g/mol. The lowest BCUT2D eigenvalue weighted by molar-refractivity contribution is -0.133. The third-order valence-corrected chi connectivity index (χ3v) is 4.45. The Labute approximate surface area is 148 Å². The van der Waals surface area contributed by atoms with Crippen molar-refractivity contribution >= 4 is 24.1 Å². The molecule has 0 aliphatic heterocycles. The number of amides is 4. The molecule has 25 heavy (non-hydrogen) atoms. The summed E-state index contributed by atoms with van der Waals surface area (Å²) >= 11 is 0. The van der Waals surface area contributed by atoms with Crippen molar-refractivity contribution in [2.24, 2.45) is 11.7 Å². The number of hydrogen-bond acceptors (Lipinski definition) is 4. The standard InChI is InChI=1S/C17H30N4O4/c1-2-3-9-21(12-22)11-15(24)20-16(13-7-5-4-6-8-13)17(25)19-10-14(18)23/h12-13,16H,2-11H2,1H3,(H2,18,23)(H,19,25)(H,20,24). The number of primary amides is 1. The molecular weight excluding hydrogens is 324 g/mol. The summed E-state index contributed by atoms with van der Waals surface area (Å²) in [5.41, 5.74) is 5.06. The van der Waals surface area contributed by atoms with E-state index in [2.05, 4.69) is 10.6 Å². The molecule has 0 radical (unpaired) electrons. The van der Waals surface area contributed by atoms with Crippen LogP contribution < -0.4 is 16.4 Å². The first kappa shape index (κ1) is 20.9. The van der Waals surface area contributed by atoms with Crippen molar-refractivity contribution in [3.63, 3.8) is 0 Å². The first-order chi connectivity index (χ1) is 12.0. The number of rotatable bonds is 11. The molecule has 0 bridgehead atoms. The van der Waals surface area contributed by atoms with E-state index in [1.165, 1.54) is 4.90 Å². The van der Waals surface area contributed by atoms with Gasteiger partial charge >= 0.3 is 0 Å². The van der Waals surface area contributed by atoms with Gasteiger partial charge in [-0.1, -0.05) is 32.6 Å². The summed E-state index contributed by atoms with van der Waals surface area (Å²) in [6, 6.07) is -0.702. The third kappa shape index (κ3) is 8.00. The van der Waals surface area contributed by atoms with Gasteiger partial charge in [-0.25, -0.2) is 0 Å². The van der Waals surface area contributed by atoms with E-state index >= 15 is 0 Å². The highest BCUT2D eigenvalue weighted by Crippen LogP contribution is 2.26. The summed E-state index contributed by atoms with van der Waals surface area (Å²) in [7, 11) is 0. The molecule has 8 nitrogen and oxygen atoms in total. The number of carbonyl (C=O) groups is 4. The Hall–Kier alpha value is -2.12. The topological polar surface area (TPSA) is 122 Å². The van der Waals surface area contributed by atoms with Gasteiger partial charge in [0, 0.05) is 6.54 Å². The van der Waals surface area contributed by atoms with E-state index < -0.39 is 17.9 Å². The maximum Gasteiger partial charge on any atom is 0.243 e. The van der Waals surface area contributed by atoms with Crippen molar-refractivity contribution in [2.45, 2.75) is 57.9 Å². The Morgan fingerprint density at radius 3 is 2.48 bits per heavy atom. The highest BCUT2D eigenvalue weighted by molar-refractivity contribution is 5.91. The minimum atomic E-state index is -0.702. The lowest BCUT2D eigenvalue weighted by Gasteiger charge is -2.30. The van der Waals surface area contributed by atoms with Gasteiger partial charge in [-0.05, 0) is 25.2 Å². The quantitative estimate of drug-likeness (QED) is 0.449. The molecule has 1 unspecified atom stereocenters. The van der Waals surface area contributed by atoms with Crippen LogP contribution in [0.4, 0.5) is 0 Å². The van der Waals surface area contributed by atoms with Gasteiger partial charge in [-0.15, -0.1) is 0 Å². The van der Waals surface area contributed by atoms with E-state index in [0.29, 0.717) is 13.0 Å². The zero-order valence-corrected chi connectivity index (χ0v) is 15.0. The van der Waals surface area contributed by atoms with Crippen LogP contribution in [0.1, 0.15) is 51.9 Å². The average Bonchev–Trinajstić information content (AvgIpc) is 2.61. The molecule has 0 spiro atoms. The Balaban J connectivity index is 2.67. The molecule has 1 aliphatic rings. The molecule has 1 saturated carbocycles.